The number of carbonyl (C=O) groups is 1. The highest BCUT2D eigenvalue weighted by atomic mass is 19.4. The number of halogens is 9. The summed E-state index contributed by atoms with van der Waals surface area (Å²) in [5, 5.41) is 3.82. The summed E-state index contributed by atoms with van der Waals surface area (Å²) in [6.45, 7) is 3.19. The van der Waals surface area contributed by atoms with E-state index in [4.69, 9.17) is 9.57 Å². The number of alkyl halides is 9. The molecule has 0 spiro atoms. The van der Waals surface area contributed by atoms with Gasteiger partial charge in [-0.1, -0.05) is 17.3 Å². The second-order valence-electron chi connectivity index (χ2n) is 11.1. The summed E-state index contributed by atoms with van der Waals surface area (Å²) in [7, 11) is 1.30. The van der Waals surface area contributed by atoms with Crippen molar-refractivity contribution < 1.29 is 53.9 Å². The van der Waals surface area contributed by atoms with Gasteiger partial charge in [0.1, 0.15) is 5.69 Å². The lowest BCUT2D eigenvalue weighted by Crippen LogP contribution is -2.13. The highest BCUT2D eigenvalue weighted by Gasteiger charge is 2.39. The molecule has 0 unspecified atom stereocenters. The second-order valence-corrected chi connectivity index (χ2v) is 11.1. The van der Waals surface area contributed by atoms with E-state index in [0.29, 0.717) is 28.8 Å². The Morgan fingerprint density at radius 3 is 2.06 bits per heavy atom. The number of rotatable bonds is 7. The van der Waals surface area contributed by atoms with Crippen molar-refractivity contribution in [3.05, 3.63) is 100.0 Å². The van der Waals surface area contributed by atoms with Crippen LogP contribution in [-0.4, -0.2) is 28.6 Å². The highest BCUT2D eigenvalue weighted by molar-refractivity contribution is 5.95. The lowest BCUT2D eigenvalue weighted by atomic mass is 9.92. The van der Waals surface area contributed by atoms with Gasteiger partial charge in [0.15, 0.2) is 11.9 Å². The average molecular weight is 682 g/mol. The maximum atomic E-state index is 13.8. The van der Waals surface area contributed by atoms with E-state index in [1.807, 2.05) is 0 Å². The molecule has 6 nitrogen and oxygen atoms in total. The maximum absolute atomic E-state index is 13.8. The Morgan fingerprint density at radius 2 is 1.50 bits per heavy atom. The van der Waals surface area contributed by atoms with Gasteiger partial charge in [0, 0.05) is 47.5 Å². The number of carbonyl (C=O) groups excluding carboxylic acids is 1. The van der Waals surface area contributed by atoms with E-state index in [0.717, 1.165) is 17.8 Å². The zero-order chi connectivity index (χ0) is 35.2. The molecule has 2 aromatic heterocycles. The Kier molecular flexibility index (Phi) is 9.01. The molecule has 2 aromatic carbocycles. The van der Waals surface area contributed by atoms with Gasteiger partial charge in [0.05, 0.1) is 23.9 Å². The largest absolute Gasteiger partial charge is 0.481 e. The third kappa shape index (κ3) is 7.29. The lowest BCUT2D eigenvalue weighted by molar-refractivity contribution is -0.143. The van der Waals surface area contributed by atoms with Gasteiger partial charge in [0.25, 0.3) is 0 Å². The summed E-state index contributed by atoms with van der Waals surface area (Å²) >= 11 is 0. The van der Waals surface area contributed by atoms with Crippen LogP contribution in [0, 0.1) is 6.92 Å². The van der Waals surface area contributed by atoms with Crippen LogP contribution < -0.4 is 4.74 Å². The van der Waals surface area contributed by atoms with Gasteiger partial charge in [-0.25, -0.2) is 4.98 Å². The molecule has 15 heteroatoms. The number of nitrogens with zero attached hydrogens (tertiary/aromatic N) is 3. The second kappa shape index (κ2) is 12.6. The van der Waals surface area contributed by atoms with Crippen molar-refractivity contribution in [2.24, 2.45) is 5.16 Å². The number of benzene rings is 2. The first-order valence-electron chi connectivity index (χ1n) is 14.1. The Balaban J connectivity index is 1.53. The summed E-state index contributed by atoms with van der Waals surface area (Å²) in [6, 6.07) is 8.42. The third-order valence-corrected chi connectivity index (χ3v) is 7.67. The van der Waals surface area contributed by atoms with Crippen LogP contribution in [0.25, 0.3) is 22.3 Å². The molecule has 0 saturated heterocycles. The Bertz CT molecular complexity index is 1880. The van der Waals surface area contributed by atoms with Crippen LogP contribution >= 0.6 is 0 Å². The molecule has 4 aromatic rings. The minimum atomic E-state index is -5.09. The molecule has 1 aliphatic rings. The minimum Gasteiger partial charge on any atom is -0.481 e. The van der Waals surface area contributed by atoms with Crippen LogP contribution in [0.2, 0.25) is 0 Å². The fourth-order valence-corrected chi connectivity index (χ4v) is 5.30. The predicted octanol–water partition coefficient (Wildman–Crippen LogP) is 9.45. The molecule has 0 radical (unpaired) electrons. The molecule has 0 saturated carbocycles. The Morgan fingerprint density at radius 1 is 0.833 bits per heavy atom. The molecule has 0 fully saturated rings. The Hall–Kier alpha value is -4.95. The molecule has 5 rings (SSSR count). The molecule has 1 aliphatic heterocycles. The van der Waals surface area contributed by atoms with Gasteiger partial charge < -0.3 is 9.57 Å². The normalized spacial score (nSPS) is 15.2. The van der Waals surface area contributed by atoms with Gasteiger partial charge in [-0.3, -0.25) is 9.78 Å². The van der Waals surface area contributed by atoms with Gasteiger partial charge in [-0.15, -0.1) is 0 Å². The first-order valence-corrected chi connectivity index (χ1v) is 14.1. The van der Waals surface area contributed by atoms with Crippen LogP contribution in [0.15, 0.2) is 66.1 Å². The molecule has 252 valence electrons. The molecule has 0 amide bonds. The van der Waals surface area contributed by atoms with Crippen LogP contribution in [0.3, 0.4) is 0 Å². The van der Waals surface area contributed by atoms with Crippen LogP contribution in [0.4, 0.5) is 39.5 Å². The molecule has 1 atom stereocenters. The van der Waals surface area contributed by atoms with E-state index < -0.39 is 47.0 Å². The topological polar surface area (TPSA) is 73.7 Å². The first-order chi connectivity index (χ1) is 22.3. The first kappa shape index (κ1) is 34.4. The van der Waals surface area contributed by atoms with Crippen LogP contribution in [0.1, 0.15) is 63.3 Å². The summed E-state index contributed by atoms with van der Waals surface area (Å²) in [4.78, 5) is 25.0. The monoisotopic (exact) mass is 681 g/mol. The van der Waals surface area contributed by atoms with E-state index in [1.165, 1.54) is 20.2 Å². The third-order valence-electron chi connectivity index (χ3n) is 7.67. The molecular formula is C33H24F9N3O3. The molecule has 0 N–H and O–H groups in total. The zero-order valence-corrected chi connectivity index (χ0v) is 25.2. The number of aryl methyl sites for hydroxylation is 1. The van der Waals surface area contributed by atoms with Gasteiger partial charge in [-0.05, 0) is 72.5 Å². The molecular weight excluding hydrogens is 657 g/mol. The van der Waals surface area contributed by atoms with Crippen molar-refractivity contribution in [1.82, 2.24) is 9.97 Å². The number of pyridine rings is 2. The van der Waals surface area contributed by atoms with E-state index in [1.54, 1.807) is 31.2 Å². The molecule has 0 aliphatic carbocycles. The van der Waals surface area contributed by atoms with Gasteiger partial charge in [-0.2, -0.15) is 39.5 Å². The summed E-state index contributed by atoms with van der Waals surface area (Å²) < 4.78 is 127. The standard InChI is InChI=1S/C33H24F9N3O3/c1-16-6-18(17(2)46)4-5-25(16)21-10-26(30(47-3)44-14-21)27-15-43-29(33(40,41)42)11-19(27)9-24-13-28(48-45-24)20-7-22(31(34,35)36)12-23(8-20)32(37,38)39/h4-8,10-12,14-15,28H,9,13H2,1-3H3/t28-/m0/s1. The smallest absolute Gasteiger partial charge is 0.433 e. The van der Waals surface area contributed by atoms with Crippen molar-refractivity contribution in [2.75, 3.05) is 7.11 Å². The number of Topliss-reactive ketones (excluding diaryl/α,β-unsaturated/α-hetero) is 1. The SMILES string of the molecule is COc1ncc(-c2ccc(C(C)=O)cc2C)cc1-c1cnc(C(F)(F)F)cc1CC1=NO[C@H](c2cc(C(F)(F)F)cc(C(F)(F)F)c2)C1. The number of ether oxygens (including phenoxy) is 1. The van der Waals surface area contributed by atoms with E-state index in [2.05, 4.69) is 15.1 Å². The summed E-state index contributed by atoms with van der Waals surface area (Å²) in [5.41, 5.74) is -1.90. The van der Waals surface area contributed by atoms with E-state index >= 15 is 0 Å². The average Bonchev–Trinajstić information content (AvgIpc) is 3.47. The van der Waals surface area contributed by atoms with Crippen molar-refractivity contribution >= 4 is 11.5 Å². The molecule has 3 heterocycles. The van der Waals surface area contributed by atoms with Crippen LogP contribution in [0.5, 0.6) is 5.88 Å². The lowest BCUT2D eigenvalue weighted by Gasteiger charge is -2.17. The fraction of sp³-hybridized carbons (Fsp3) is 0.273. The highest BCUT2D eigenvalue weighted by Crippen LogP contribution is 2.41. The number of ketones is 1. The minimum absolute atomic E-state index is 0.0150. The van der Waals surface area contributed by atoms with Crippen molar-refractivity contribution in [1.29, 1.82) is 0 Å². The number of oxime groups is 1. The number of aromatic nitrogens is 2. The molecule has 0 bridgehead atoms. The maximum Gasteiger partial charge on any atom is 0.433 e. The van der Waals surface area contributed by atoms with E-state index in [-0.39, 0.29) is 53.0 Å². The zero-order valence-electron chi connectivity index (χ0n) is 25.2. The number of methoxy groups -OCH3 is 1. The van der Waals surface area contributed by atoms with Crippen molar-refractivity contribution in [3.8, 4) is 28.1 Å². The quantitative estimate of drug-likeness (QED) is 0.144. The number of hydrogen-bond donors (Lipinski definition) is 0. The van der Waals surface area contributed by atoms with Gasteiger partial charge in [0.2, 0.25) is 5.88 Å². The van der Waals surface area contributed by atoms with Crippen molar-refractivity contribution in [3.63, 3.8) is 0 Å². The Labute approximate surface area is 267 Å². The van der Waals surface area contributed by atoms with Crippen LogP contribution in [-0.2, 0) is 29.8 Å². The molecule has 48 heavy (non-hydrogen) atoms. The summed E-state index contributed by atoms with van der Waals surface area (Å²) in [5.74, 6) is -0.112. The fourth-order valence-electron chi connectivity index (χ4n) is 5.30. The summed E-state index contributed by atoms with van der Waals surface area (Å²) in [6.07, 6.45) is -14.6. The van der Waals surface area contributed by atoms with Gasteiger partial charge >= 0.3 is 18.5 Å². The van der Waals surface area contributed by atoms with Crippen molar-refractivity contribution in [2.45, 2.75) is 51.3 Å². The number of hydrogen-bond acceptors (Lipinski definition) is 6. The van der Waals surface area contributed by atoms with E-state index in [9.17, 15) is 44.3 Å². The predicted molar refractivity (Wildman–Crippen MR) is 155 cm³/mol.